The molecule has 2 N–H and O–H groups in total. The Morgan fingerprint density at radius 1 is 0.967 bits per heavy atom. The van der Waals surface area contributed by atoms with Gasteiger partial charge in [-0.15, -0.1) is 23.7 Å². The van der Waals surface area contributed by atoms with Crippen molar-refractivity contribution in [2.45, 2.75) is 19.4 Å². The van der Waals surface area contributed by atoms with Gasteiger partial charge >= 0.3 is 0 Å². The van der Waals surface area contributed by atoms with Crippen LogP contribution in [0.15, 0.2) is 66.0 Å². The van der Waals surface area contributed by atoms with E-state index in [-0.39, 0.29) is 12.4 Å². The average Bonchev–Trinajstić information content (AvgIpc) is 3.03. The fourth-order valence-electron chi connectivity index (χ4n) is 4.15. The van der Waals surface area contributed by atoms with Crippen molar-refractivity contribution >= 4 is 51.1 Å². The number of benzene rings is 3. The van der Waals surface area contributed by atoms with Crippen molar-refractivity contribution in [1.82, 2.24) is 5.32 Å². The maximum Gasteiger partial charge on any atom is 0.0640 e. The molecule has 0 unspecified atom stereocenters. The molecule has 0 radical (unpaired) electrons. The lowest BCUT2D eigenvalue weighted by molar-refractivity contribution is 0.711. The van der Waals surface area contributed by atoms with Gasteiger partial charge in [0.2, 0.25) is 0 Å². The molecule has 0 aliphatic carbocycles. The molecule has 0 atom stereocenters. The molecular formula is C25H24Cl2N2S. The highest BCUT2D eigenvalue weighted by molar-refractivity contribution is 7.17. The van der Waals surface area contributed by atoms with Crippen LogP contribution in [0.2, 0.25) is 5.02 Å². The van der Waals surface area contributed by atoms with Crippen LogP contribution in [-0.2, 0) is 19.4 Å². The first kappa shape index (κ1) is 21.2. The van der Waals surface area contributed by atoms with Crippen molar-refractivity contribution in [3.8, 4) is 11.1 Å². The first-order chi connectivity index (χ1) is 14.3. The molecule has 5 heteroatoms. The summed E-state index contributed by atoms with van der Waals surface area (Å²) in [5, 5.41) is 11.5. The molecule has 0 bridgehead atoms. The third-order valence-corrected chi connectivity index (χ3v) is 6.94. The maximum absolute atomic E-state index is 6.57. The Kier molecular flexibility index (Phi) is 6.64. The van der Waals surface area contributed by atoms with E-state index in [9.17, 15) is 0 Å². The fourth-order valence-corrected chi connectivity index (χ4v) is 5.43. The van der Waals surface area contributed by atoms with E-state index in [1.165, 1.54) is 37.9 Å². The van der Waals surface area contributed by atoms with E-state index in [1.807, 2.05) is 17.4 Å². The van der Waals surface area contributed by atoms with E-state index in [2.05, 4.69) is 70.6 Å². The van der Waals surface area contributed by atoms with Crippen LogP contribution in [0.25, 0.3) is 21.2 Å². The number of thiophene rings is 1. The Balaban J connectivity index is 0.00000218. The van der Waals surface area contributed by atoms with Crippen molar-refractivity contribution in [1.29, 1.82) is 0 Å². The van der Waals surface area contributed by atoms with Gasteiger partial charge < -0.3 is 10.6 Å². The van der Waals surface area contributed by atoms with E-state index in [0.29, 0.717) is 0 Å². The summed E-state index contributed by atoms with van der Waals surface area (Å²) in [6.07, 6.45) is 2.08. The minimum absolute atomic E-state index is 0. The number of hydrogen-bond acceptors (Lipinski definition) is 3. The lowest BCUT2D eigenvalue weighted by Crippen LogP contribution is -2.16. The molecule has 1 aliphatic rings. The monoisotopic (exact) mass is 454 g/mol. The highest BCUT2D eigenvalue weighted by Crippen LogP contribution is 2.35. The second-order valence-electron chi connectivity index (χ2n) is 7.51. The van der Waals surface area contributed by atoms with E-state index in [4.69, 9.17) is 11.6 Å². The number of nitrogens with one attached hydrogen (secondary N) is 2. The number of anilines is 1. The third kappa shape index (κ3) is 4.21. The average molecular weight is 455 g/mol. The standard InChI is InChI=1S/C25H23ClN2S.ClH/c26-23-9-7-19-10-12-27-13-11-20(19)25(23)28-15-17-6-8-21-22(16-29-24(21)14-17)18-4-2-1-3-5-18;/h1-9,14,16,27-28H,10-13,15H2;1H. The number of hydrogen-bond donors (Lipinski definition) is 2. The first-order valence-electron chi connectivity index (χ1n) is 10.1. The van der Waals surface area contributed by atoms with E-state index in [1.54, 1.807) is 0 Å². The zero-order chi connectivity index (χ0) is 19.6. The molecule has 4 aromatic rings. The summed E-state index contributed by atoms with van der Waals surface area (Å²) in [5.41, 5.74) is 7.74. The lowest BCUT2D eigenvalue weighted by atomic mass is 10.0. The van der Waals surface area contributed by atoms with Crippen LogP contribution < -0.4 is 10.6 Å². The Morgan fingerprint density at radius 3 is 2.67 bits per heavy atom. The van der Waals surface area contributed by atoms with Crippen LogP contribution in [0.5, 0.6) is 0 Å². The first-order valence-corrected chi connectivity index (χ1v) is 11.4. The SMILES string of the molecule is Cl.Clc1ccc2c(c1NCc1ccc3c(-c4ccccc4)csc3c1)CCNCC2. The minimum Gasteiger partial charge on any atom is -0.380 e. The van der Waals surface area contributed by atoms with Gasteiger partial charge in [0, 0.05) is 22.2 Å². The van der Waals surface area contributed by atoms with Gasteiger partial charge in [-0.2, -0.15) is 0 Å². The predicted molar refractivity (Wildman–Crippen MR) is 134 cm³/mol. The molecule has 2 heterocycles. The Labute approximate surface area is 192 Å². The largest absolute Gasteiger partial charge is 0.380 e. The normalized spacial score (nSPS) is 13.4. The van der Waals surface area contributed by atoms with Crippen molar-refractivity contribution in [3.63, 3.8) is 0 Å². The number of halogens is 2. The second-order valence-corrected chi connectivity index (χ2v) is 8.83. The van der Waals surface area contributed by atoms with Crippen LogP contribution >= 0.6 is 35.3 Å². The van der Waals surface area contributed by atoms with Gasteiger partial charge in [0.1, 0.15) is 0 Å². The summed E-state index contributed by atoms with van der Waals surface area (Å²) < 4.78 is 1.32. The van der Waals surface area contributed by atoms with Gasteiger partial charge in [0.15, 0.2) is 0 Å². The smallest absolute Gasteiger partial charge is 0.0640 e. The van der Waals surface area contributed by atoms with Gasteiger partial charge in [-0.3, -0.25) is 0 Å². The van der Waals surface area contributed by atoms with Gasteiger partial charge in [0.25, 0.3) is 0 Å². The van der Waals surface area contributed by atoms with Crippen LogP contribution in [0.1, 0.15) is 16.7 Å². The van der Waals surface area contributed by atoms with Crippen molar-refractivity contribution in [2.24, 2.45) is 0 Å². The highest BCUT2D eigenvalue weighted by atomic mass is 35.5. The van der Waals surface area contributed by atoms with Crippen LogP contribution in [0.3, 0.4) is 0 Å². The van der Waals surface area contributed by atoms with Crippen LogP contribution in [0.4, 0.5) is 5.69 Å². The van der Waals surface area contributed by atoms with E-state index >= 15 is 0 Å². The molecule has 154 valence electrons. The summed E-state index contributed by atoms with van der Waals surface area (Å²) in [4.78, 5) is 0. The molecule has 0 spiro atoms. The molecule has 1 aliphatic heterocycles. The minimum atomic E-state index is 0. The Bertz CT molecular complexity index is 1150. The zero-order valence-corrected chi connectivity index (χ0v) is 19.0. The lowest BCUT2D eigenvalue weighted by Gasteiger charge is -2.16. The summed E-state index contributed by atoms with van der Waals surface area (Å²) in [7, 11) is 0. The van der Waals surface area contributed by atoms with Crippen molar-refractivity contribution < 1.29 is 0 Å². The molecule has 0 saturated heterocycles. The fraction of sp³-hybridized carbons (Fsp3) is 0.200. The molecule has 1 aromatic heterocycles. The Hall–Kier alpha value is -2.04. The highest BCUT2D eigenvalue weighted by Gasteiger charge is 2.15. The molecule has 2 nitrogen and oxygen atoms in total. The Morgan fingerprint density at radius 2 is 1.80 bits per heavy atom. The topological polar surface area (TPSA) is 24.1 Å². The zero-order valence-electron chi connectivity index (χ0n) is 16.6. The van der Waals surface area contributed by atoms with E-state index < -0.39 is 0 Å². The third-order valence-electron chi connectivity index (χ3n) is 5.68. The van der Waals surface area contributed by atoms with Crippen molar-refractivity contribution in [3.05, 3.63) is 87.8 Å². The van der Waals surface area contributed by atoms with Gasteiger partial charge in [0.05, 0.1) is 10.7 Å². The summed E-state index contributed by atoms with van der Waals surface area (Å²) in [6, 6.07) is 21.6. The second kappa shape index (κ2) is 9.40. The molecule has 30 heavy (non-hydrogen) atoms. The van der Waals surface area contributed by atoms with Crippen molar-refractivity contribution in [2.75, 3.05) is 18.4 Å². The maximum atomic E-state index is 6.57. The molecule has 0 saturated carbocycles. The summed E-state index contributed by atoms with van der Waals surface area (Å²) in [6.45, 7) is 2.82. The molecule has 5 rings (SSSR count). The van der Waals surface area contributed by atoms with E-state index in [0.717, 1.165) is 43.2 Å². The number of fused-ring (bicyclic) bond motifs is 2. The van der Waals surface area contributed by atoms with Gasteiger partial charge in [-0.1, -0.05) is 60.1 Å². The molecular weight excluding hydrogens is 431 g/mol. The quantitative estimate of drug-likeness (QED) is 0.348. The molecule has 3 aromatic carbocycles. The molecule has 0 amide bonds. The van der Waals surface area contributed by atoms with Gasteiger partial charge in [-0.05, 0) is 65.7 Å². The van der Waals surface area contributed by atoms with Gasteiger partial charge in [-0.25, -0.2) is 0 Å². The summed E-state index contributed by atoms with van der Waals surface area (Å²) in [5.74, 6) is 0. The number of rotatable bonds is 4. The molecule has 0 fully saturated rings. The predicted octanol–water partition coefficient (Wildman–Crippen LogP) is 6.94. The van der Waals surface area contributed by atoms with Crippen LogP contribution in [-0.4, -0.2) is 13.1 Å². The van der Waals surface area contributed by atoms with Crippen LogP contribution in [0, 0.1) is 0 Å². The summed E-state index contributed by atoms with van der Waals surface area (Å²) >= 11 is 8.38.